The van der Waals surface area contributed by atoms with Crippen LogP contribution in [0, 0.1) is 0 Å². The van der Waals surface area contributed by atoms with Gasteiger partial charge in [0.2, 0.25) is 5.91 Å². The van der Waals surface area contributed by atoms with Crippen LogP contribution in [0.1, 0.15) is 49.4 Å². The quantitative estimate of drug-likeness (QED) is 0.797. The predicted molar refractivity (Wildman–Crippen MR) is 85.1 cm³/mol. The maximum absolute atomic E-state index is 11.4. The number of nitrogens with zero attached hydrogens (tertiary/aromatic N) is 2. The minimum absolute atomic E-state index is 0.207. The Kier molecular flexibility index (Phi) is 5.56. The number of aromatic nitrogens is 1. The molecule has 0 bridgehead atoms. The number of aryl methyl sites for hydroxylation is 2. The van der Waals surface area contributed by atoms with Crippen molar-refractivity contribution in [3.8, 4) is 0 Å². The molecule has 1 aromatic heterocycles. The summed E-state index contributed by atoms with van der Waals surface area (Å²) in [6.07, 6.45) is 6.59. The third-order valence-electron chi connectivity index (χ3n) is 4.00. The van der Waals surface area contributed by atoms with Gasteiger partial charge in [0.15, 0.2) is 0 Å². The lowest BCUT2D eigenvalue weighted by Crippen LogP contribution is -2.36. The molecule has 116 valence electrons. The summed E-state index contributed by atoms with van der Waals surface area (Å²) < 4.78 is 0. The standard InChI is InChI=1S/C16H26N4O/c1-2-3-8-20(11-15(18)21)16-13(10-17)9-12-6-4-5-7-14(12)19-16/h9H,2-8,10-11,17H2,1H3,(H2,18,21). The van der Waals surface area contributed by atoms with E-state index in [1.165, 1.54) is 24.1 Å². The number of anilines is 1. The lowest BCUT2D eigenvalue weighted by Gasteiger charge is -2.27. The summed E-state index contributed by atoms with van der Waals surface area (Å²) in [4.78, 5) is 18.2. The summed E-state index contributed by atoms with van der Waals surface area (Å²) in [5.74, 6) is 0.527. The molecule has 1 heterocycles. The molecule has 0 aliphatic heterocycles. The van der Waals surface area contributed by atoms with E-state index >= 15 is 0 Å². The molecule has 0 atom stereocenters. The first-order chi connectivity index (χ1) is 10.2. The summed E-state index contributed by atoms with van der Waals surface area (Å²) in [6, 6.07) is 2.18. The SMILES string of the molecule is CCCCN(CC(N)=O)c1nc2c(cc1CN)CCCC2. The van der Waals surface area contributed by atoms with Gasteiger partial charge in [0.05, 0.1) is 6.54 Å². The van der Waals surface area contributed by atoms with Crippen molar-refractivity contribution in [2.45, 2.75) is 52.0 Å². The molecule has 2 rings (SSSR count). The number of hydrogen-bond donors (Lipinski definition) is 2. The van der Waals surface area contributed by atoms with Crippen LogP contribution in [0.2, 0.25) is 0 Å². The van der Waals surface area contributed by atoms with Gasteiger partial charge in [0.1, 0.15) is 5.82 Å². The van der Waals surface area contributed by atoms with Gasteiger partial charge in [0.25, 0.3) is 0 Å². The van der Waals surface area contributed by atoms with E-state index in [1.54, 1.807) is 0 Å². The van der Waals surface area contributed by atoms with Crippen LogP contribution in [0.15, 0.2) is 6.07 Å². The van der Waals surface area contributed by atoms with Gasteiger partial charge < -0.3 is 16.4 Å². The van der Waals surface area contributed by atoms with Gasteiger partial charge in [-0.15, -0.1) is 0 Å². The highest BCUT2D eigenvalue weighted by molar-refractivity contribution is 5.79. The predicted octanol–water partition coefficient (Wildman–Crippen LogP) is 1.51. The van der Waals surface area contributed by atoms with Crippen LogP contribution in [-0.4, -0.2) is 24.0 Å². The Labute approximate surface area is 126 Å². The maximum Gasteiger partial charge on any atom is 0.236 e. The lowest BCUT2D eigenvalue weighted by atomic mass is 9.94. The van der Waals surface area contributed by atoms with E-state index in [0.717, 1.165) is 43.6 Å². The summed E-state index contributed by atoms with van der Waals surface area (Å²) in [5, 5.41) is 0. The molecule has 5 nitrogen and oxygen atoms in total. The number of fused-ring (bicyclic) bond motifs is 1. The molecule has 1 aromatic rings. The molecule has 21 heavy (non-hydrogen) atoms. The number of unbranched alkanes of at least 4 members (excludes halogenated alkanes) is 1. The van der Waals surface area contributed by atoms with Crippen LogP contribution in [0.25, 0.3) is 0 Å². The number of primary amides is 1. The second-order valence-electron chi connectivity index (χ2n) is 5.73. The lowest BCUT2D eigenvalue weighted by molar-refractivity contribution is -0.116. The van der Waals surface area contributed by atoms with Crippen molar-refractivity contribution in [1.29, 1.82) is 0 Å². The van der Waals surface area contributed by atoms with Crippen LogP contribution >= 0.6 is 0 Å². The normalized spacial score (nSPS) is 13.8. The number of pyridine rings is 1. The van der Waals surface area contributed by atoms with Crippen LogP contribution in [0.3, 0.4) is 0 Å². The fourth-order valence-corrected chi connectivity index (χ4v) is 2.89. The summed E-state index contributed by atoms with van der Waals surface area (Å²) in [6.45, 7) is 3.57. The first kappa shape index (κ1) is 15.8. The van der Waals surface area contributed by atoms with Crippen molar-refractivity contribution in [3.63, 3.8) is 0 Å². The van der Waals surface area contributed by atoms with Crippen LogP contribution < -0.4 is 16.4 Å². The van der Waals surface area contributed by atoms with E-state index in [0.29, 0.717) is 6.54 Å². The van der Waals surface area contributed by atoms with E-state index < -0.39 is 0 Å². The van der Waals surface area contributed by atoms with E-state index in [4.69, 9.17) is 16.5 Å². The van der Waals surface area contributed by atoms with E-state index in [2.05, 4.69) is 13.0 Å². The van der Waals surface area contributed by atoms with Crippen LogP contribution in [0.4, 0.5) is 5.82 Å². The average molecular weight is 290 g/mol. The van der Waals surface area contributed by atoms with E-state index in [9.17, 15) is 4.79 Å². The molecular weight excluding hydrogens is 264 g/mol. The van der Waals surface area contributed by atoms with Crippen molar-refractivity contribution in [2.75, 3.05) is 18.0 Å². The molecular formula is C16H26N4O. The van der Waals surface area contributed by atoms with Crippen molar-refractivity contribution in [2.24, 2.45) is 11.5 Å². The molecule has 0 aromatic carbocycles. The summed E-state index contributed by atoms with van der Waals surface area (Å²) in [7, 11) is 0. The third-order valence-corrected chi connectivity index (χ3v) is 4.00. The van der Waals surface area contributed by atoms with Gasteiger partial charge in [-0.1, -0.05) is 13.3 Å². The zero-order valence-electron chi connectivity index (χ0n) is 12.9. The molecule has 4 N–H and O–H groups in total. The molecule has 0 saturated heterocycles. The number of rotatable bonds is 7. The minimum atomic E-state index is -0.325. The van der Waals surface area contributed by atoms with Crippen molar-refractivity contribution < 1.29 is 4.79 Å². The summed E-state index contributed by atoms with van der Waals surface area (Å²) in [5.41, 5.74) is 14.8. The Bertz CT molecular complexity index is 501. The van der Waals surface area contributed by atoms with Gasteiger partial charge in [-0.3, -0.25) is 4.79 Å². The molecule has 0 spiro atoms. The van der Waals surface area contributed by atoms with Gasteiger partial charge in [0, 0.05) is 24.3 Å². The third kappa shape index (κ3) is 3.94. The van der Waals surface area contributed by atoms with E-state index in [1.807, 2.05) is 4.90 Å². The first-order valence-corrected chi connectivity index (χ1v) is 7.90. The van der Waals surface area contributed by atoms with E-state index in [-0.39, 0.29) is 12.5 Å². The highest BCUT2D eigenvalue weighted by Crippen LogP contribution is 2.26. The molecule has 0 saturated carbocycles. The van der Waals surface area contributed by atoms with Crippen molar-refractivity contribution in [1.82, 2.24) is 4.98 Å². The number of nitrogens with two attached hydrogens (primary N) is 2. The van der Waals surface area contributed by atoms with Gasteiger partial charge in [-0.2, -0.15) is 0 Å². The molecule has 1 aliphatic rings. The zero-order chi connectivity index (χ0) is 15.2. The Balaban J connectivity index is 2.34. The Morgan fingerprint density at radius 3 is 2.81 bits per heavy atom. The Morgan fingerprint density at radius 1 is 1.38 bits per heavy atom. The second kappa shape index (κ2) is 7.41. The fourth-order valence-electron chi connectivity index (χ4n) is 2.89. The maximum atomic E-state index is 11.4. The highest BCUT2D eigenvalue weighted by Gasteiger charge is 2.19. The number of amides is 1. The molecule has 0 radical (unpaired) electrons. The highest BCUT2D eigenvalue weighted by atomic mass is 16.1. The Morgan fingerprint density at radius 2 is 2.14 bits per heavy atom. The molecule has 1 aliphatic carbocycles. The van der Waals surface area contributed by atoms with Gasteiger partial charge in [-0.25, -0.2) is 4.98 Å². The van der Waals surface area contributed by atoms with Gasteiger partial charge >= 0.3 is 0 Å². The smallest absolute Gasteiger partial charge is 0.236 e. The molecule has 0 fully saturated rings. The topological polar surface area (TPSA) is 85.2 Å². The monoisotopic (exact) mass is 290 g/mol. The number of hydrogen-bond acceptors (Lipinski definition) is 4. The molecule has 5 heteroatoms. The van der Waals surface area contributed by atoms with Gasteiger partial charge in [-0.05, 0) is 43.7 Å². The van der Waals surface area contributed by atoms with Crippen LogP contribution in [-0.2, 0) is 24.2 Å². The number of carbonyl (C=O) groups excluding carboxylic acids is 1. The average Bonchev–Trinajstić information content (AvgIpc) is 2.49. The second-order valence-corrected chi connectivity index (χ2v) is 5.73. The first-order valence-electron chi connectivity index (χ1n) is 7.90. The molecule has 1 amide bonds. The van der Waals surface area contributed by atoms with Crippen molar-refractivity contribution >= 4 is 11.7 Å². The Hall–Kier alpha value is -1.62. The van der Waals surface area contributed by atoms with Crippen LogP contribution in [0.5, 0.6) is 0 Å². The number of carbonyl (C=O) groups is 1. The zero-order valence-corrected chi connectivity index (χ0v) is 12.9. The fraction of sp³-hybridized carbons (Fsp3) is 0.625. The largest absolute Gasteiger partial charge is 0.368 e. The summed E-state index contributed by atoms with van der Waals surface area (Å²) >= 11 is 0. The van der Waals surface area contributed by atoms with Crippen molar-refractivity contribution in [3.05, 3.63) is 22.9 Å². The molecule has 0 unspecified atom stereocenters. The minimum Gasteiger partial charge on any atom is -0.368 e.